The summed E-state index contributed by atoms with van der Waals surface area (Å²) in [6, 6.07) is 0. The number of nitrogens with zero attached hydrogens (tertiary/aromatic N) is 3. The summed E-state index contributed by atoms with van der Waals surface area (Å²) >= 11 is 0. The van der Waals surface area contributed by atoms with E-state index in [1.165, 1.54) is 45.3 Å². The molecule has 1 saturated carbocycles. The van der Waals surface area contributed by atoms with Crippen molar-refractivity contribution in [2.45, 2.75) is 38.0 Å². The molecule has 98 valence electrons. The Morgan fingerprint density at radius 1 is 1.39 bits per heavy atom. The van der Waals surface area contributed by atoms with Crippen molar-refractivity contribution in [2.24, 2.45) is 7.05 Å². The largest absolute Gasteiger partial charge is 0.466 e. The lowest BCUT2D eigenvalue weighted by molar-refractivity contribution is -0.134. The maximum absolute atomic E-state index is 11.1. The third-order valence-corrected chi connectivity index (χ3v) is 3.47. The van der Waals surface area contributed by atoms with Gasteiger partial charge in [0.1, 0.15) is 5.69 Å². The molecule has 18 heavy (non-hydrogen) atoms. The number of ether oxygens (including phenoxy) is 1. The van der Waals surface area contributed by atoms with E-state index in [2.05, 4.69) is 15.0 Å². The van der Waals surface area contributed by atoms with Crippen molar-refractivity contribution >= 4 is 12.0 Å². The quantitative estimate of drug-likeness (QED) is 0.607. The van der Waals surface area contributed by atoms with Crippen molar-refractivity contribution in [3.05, 3.63) is 17.5 Å². The van der Waals surface area contributed by atoms with Crippen LogP contribution < -0.4 is 0 Å². The van der Waals surface area contributed by atoms with E-state index in [1.54, 1.807) is 6.08 Å². The van der Waals surface area contributed by atoms with Gasteiger partial charge in [0.15, 0.2) is 0 Å². The van der Waals surface area contributed by atoms with E-state index in [9.17, 15) is 4.79 Å². The summed E-state index contributed by atoms with van der Waals surface area (Å²) in [4.78, 5) is 11.1. The van der Waals surface area contributed by atoms with E-state index < -0.39 is 0 Å². The van der Waals surface area contributed by atoms with Crippen LogP contribution in [0.5, 0.6) is 0 Å². The van der Waals surface area contributed by atoms with Gasteiger partial charge in [-0.05, 0) is 18.9 Å². The van der Waals surface area contributed by atoms with Gasteiger partial charge in [0.25, 0.3) is 0 Å². The average molecular weight is 249 g/mol. The van der Waals surface area contributed by atoms with Crippen LogP contribution in [0.1, 0.15) is 49.4 Å². The molecule has 1 heterocycles. The molecule has 0 bridgehead atoms. The van der Waals surface area contributed by atoms with Crippen LogP contribution in [0.15, 0.2) is 6.08 Å². The van der Waals surface area contributed by atoms with Gasteiger partial charge in [-0.25, -0.2) is 4.79 Å². The molecule has 0 amide bonds. The molecule has 0 aliphatic heterocycles. The molecule has 1 aromatic heterocycles. The summed E-state index contributed by atoms with van der Waals surface area (Å²) in [6.07, 6.45) is 9.29. The van der Waals surface area contributed by atoms with Crippen LogP contribution in [-0.4, -0.2) is 28.1 Å². The zero-order valence-corrected chi connectivity index (χ0v) is 10.9. The minimum absolute atomic E-state index is 0.366. The highest BCUT2D eigenvalue weighted by molar-refractivity contribution is 5.86. The molecular weight excluding hydrogens is 230 g/mol. The summed E-state index contributed by atoms with van der Waals surface area (Å²) in [7, 11) is 3.28. The third kappa shape index (κ3) is 2.78. The highest BCUT2D eigenvalue weighted by atomic mass is 16.5. The van der Waals surface area contributed by atoms with Gasteiger partial charge in [-0.1, -0.05) is 24.5 Å². The molecular formula is C13H19N3O2. The summed E-state index contributed by atoms with van der Waals surface area (Å²) < 4.78 is 6.41. The first-order valence-electron chi connectivity index (χ1n) is 6.38. The van der Waals surface area contributed by atoms with E-state index in [0.717, 1.165) is 11.4 Å². The van der Waals surface area contributed by atoms with Crippen LogP contribution in [0.4, 0.5) is 0 Å². The van der Waals surface area contributed by atoms with Crippen LogP contribution >= 0.6 is 0 Å². The maximum Gasteiger partial charge on any atom is 0.330 e. The number of carbonyl (C=O) groups is 1. The minimum Gasteiger partial charge on any atom is -0.466 e. The molecule has 1 aromatic rings. The Hall–Kier alpha value is -1.65. The van der Waals surface area contributed by atoms with Gasteiger partial charge in [-0.2, -0.15) is 0 Å². The Balaban J connectivity index is 2.20. The lowest BCUT2D eigenvalue weighted by Gasteiger charge is -2.21. The minimum atomic E-state index is -0.366. The van der Waals surface area contributed by atoms with E-state index in [-0.39, 0.29) is 5.97 Å². The number of hydrogen-bond donors (Lipinski definition) is 0. The molecule has 0 atom stereocenters. The zero-order chi connectivity index (χ0) is 13.0. The van der Waals surface area contributed by atoms with Crippen LogP contribution in [-0.2, 0) is 16.6 Å². The average Bonchev–Trinajstić information content (AvgIpc) is 2.78. The van der Waals surface area contributed by atoms with E-state index in [0.29, 0.717) is 5.92 Å². The highest BCUT2D eigenvalue weighted by Gasteiger charge is 2.22. The number of methoxy groups -OCH3 is 1. The van der Waals surface area contributed by atoms with Gasteiger partial charge in [0.2, 0.25) is 0 Å². The summed E-state index contributed by atoms with van der Waals surface area (Å²) in [5, 5.41) is 8.17. The highest BCUT2D eigenvalue weighted by Crippen LogP contribution is 2.33. The molecule has 0 unspecified atom stereocenters. The molecule has 0 saturated heterocycles. The van der Waals surface area contributed by atoms with Crippen LogP contribution in [0.3, 0.4) is 0 Å². The Labute approximate surface area is 107 Å². The van der Waals surface area contributed by atoms with E-state index >= 15 is 0 Å². The van der Waals surface area contributed by atoms with Gasteiger partial charge >= 0.3 is 5.97 Å². The van der Waals surface area contributed by atoms with Gasteiger partial charge in [-0.15, -0.1) is 5.10 Å². The van der Waals surface area contributed by atoms with Gasteiger partial charge in [0, 0.05) is 19.0 Å². The Bertz CT molecular complexity index is 445. The Morgan fingerprint density at radius 3 is 2.78 bits per heavy atom. The number of carbonyl (C=O) groups excluding carboxylic acids is 1. The zero-order valence-electron chi connectivity index (χ0n) is 10.9. The number of rotatable bonds is 3. The Morgan fingerprint density at radius 2 is 2.11 bits per heavy atom. The second-order valence-corrected chi connectivity index (χ2v) is 4.67. The van der Waals surface area contributed by atoms with Gasteiger partial charge in [-0.3, -0.25) is 4.68 Å². The SMILES string of the molecule is COC(=O)/C=C/c1nnn(C)c1C1CCCCC1. The fraction of sp³-hybridized carbons (Fsp3) is 0.615. The first kappa shape index (κ1) is 12.8. The fourth-order valence-electron chi connectivity index (χ4n) is 2.56. The van der Waals surface area contributed by atoms with Crippen molar-refractivity contribution < 1.29 is 9.53 Å². The fourth-order valence-corrected chi connectivity index (χ4v) is 2.56. The molecule has 0 radical (unpaired) electrons. The Kier molecular flexibility index (Phi) is 4.12. The molecule has 2 rings (SSSR count). The summed E-state index contributed by atoms with van der Waals surface area (Å²) in [5.41, 5.74) is 1.92. The molecule has 0 aromatic carbocycles. The smallest absolute Gasteiger partial charge is 0.330 e. The van der Waals surface area contributed by atoms with E-state index in [1.807, 2.05) is 11.7 Å². The molecule has 1 aliphatic rings. The predicted octanol–water partition coefficient (Wildman–Crippen LogP) is 2.05. The molecule has 5 heteroatoms. The van der Waals surface area contributed by atoms with Crippen molar-refractivity contribution in [2.75, 3.05) is 7.11 Å². The standard InChI is InChI=1S/C13H19N3O2/c1-16-13(10-6-4-3-5-7-10)11(14-15-16)8-9-12(17)18-2/h8-10H,3-7H2,1-2H3/b9-8+. The molecule has 0 N–H and O–H groups in total. The predicted molar refractivity (Wildman–Crippen MR) is 67.9 cm³/mol. The molecule has 1 fully saturated rings. The summed E-state index contributed by atoms with van der Waals surface area (Å²) in [6.45, 7) is 0. The first-order chi connectivity index (χ1) is 8.72. The lowest BCUT2D eigenvalue weighted by Crippen LogP contribution is -2.10. The molecule has 5 nitrogen and oxygen atoms in total. The monoisotopic (exact) mass is 249 g/mol. The van der Waals surface area contributed by atoms with Gasteiger partial charge in [0.05, 0.1) is 12.8 Å². The molecule has 0 spiro atoms. The van der Waals surface area contributed by atoms with Crippen LogP contribution in [0.2, 0.25) is 0 Å². The van der Waals surface area contributed by atoms with Crippen molar-refractivity contribution in [1.82, 2.24) is 15.0 Å². The van der Waals surface area contributed by atoms with Crippen molar-refractivity contribution in [1.29, 1.82) is 0 Å². The maximum atomic E-state index is 11.1. The normalized spacial score (nSPS) is 17.2. The van der Waals surface area contributed by atoms with Crippen LogP contribution in [0.25, 0.3) is 6.08 Å². The first-order valence-corrected chi connectivity index (χ1v) is 6.38. The number of aromatic nitrogens is 3. The van der Waals surface area contributed by atoms with Crippen LogP contribution in [0, 0.1) is 0 Å². The van der Waals surface area contributed by atoms with Crippen molar-refractivity contribution in [3.8, 4) is 0 Å². The molecule has 1 aliphatic carbocycles. The van der Waals surface area contributed by atoms with Crippen molar-refractivity contribution in [3.63, 3.8) is 0 Å². The van der Waals surface area contributed by atoms with E-state index in [4.69, 9.17) is 0 Å². The topological polar surface area (TPSA) is 57.0 Å². The second kappa shape index (κ2) is 5.80. The van der Waals surface area contributed by atoms with Gasteiger partial charge < -0.3 is 4.74 Å². The summed E-state index contributed by atoms with van der Waals surface area (Å²) in [5.74, 6) is 0.145. The lowest BCUT2D eigenvalue weighted by atomic mass is 9.86. The number of aryl methyl sites for hydroxylation is 1. The number of esters is 1. The number of hydrogen-bond acceptors (Lipinski definition) is 4. The second-order valence-electron chi connectivity index (χ2n) is 4.67. The third-order valence-electron chi connectivity index (χ3n) is 3.47.